The van der Waals surface area contributed by atoms with Crippen LogP contribution in [0.3, 0.4) is 0 Å². The zero-order valence-electron chi connectivity index (χ0n) is 30.5. The van der Waals surface area contributed by atoms with Crippen molar-refractivity contribution >= 4 is 53.3 Å². The van der Waals surface area contributed by atoms with Gasteiger partial charge in [-0.25, -0.2) is 0 Å². The van der Waals surface area contributed by atoms with Crippen molar-refractivity contribution in [1.29, 1.82) is 0 Å². The van der Waals surface area contributed by atoms with E-state index < -0.39 is 0 Å². The fraction of sp³-hybridized carbons (Fsp3) is 0.192. The monoisotopic (exact) mass is 722 g/mol. The molecule has 14 rings (SSSR count). The second kappa shape index (κ2) is 11.2. The van der Waals surface area contributed by atoms with Crippen LogP contribution in [0, 0.1) is 23.7 Å². The summed E-state index contributed by atoms with van der Waals surface area (Å²) in [6, 6.07) is 50.8. The molecule has 6 aromatic carbocycles. The first-order valence-corrected chi connectivity index (χ1v) is 21.0. The van der Waals surface area contributed by atoms with Gasteiger partial charge in [0.15, 0.2) is 0 Å². The van der Waals surface area contributed by atoms with Gasteiger partial charge in [0.2, 0.25) is 0 Å². The molecule has 0 N–H and O–H groups in total. The lowest BCUT2D eigenvalue weighted by Crippen LogP contribution is -2.55. The zero-order valence-corrected chi connectivity index (χ0v) is 31.3. The Morgan fingerprint density at radius 1 is 0.473 bits per heavy atom. The van der Waals surface area contributed by atoms with Crippen LogP contribution in [0.1, 0.15) is 43.2 Å². The van der Waals surface area contributed by atoms with Gasteiger partial charge < -0.3 is 0 Å². The average Bonchev–Trinajstić information content (AvgIpc) is 3.76. The van der Waals surface area contributed by atoms with Crippen LogP contribution in [0.15, 0.2) is 146 Å². The number of thiophene rings is 1. The van der Waals surface area contributed by atoms with E-state index in [9.17, 15) is 0 Å². The van der Waals surface area contributed by atoms with Crippen LogP contribution in [-0.4, -0.2) is 9.97 Å². The van der Waals surface area contributed by atoms with Crippen molar-refractivity contribution in [1.82, 2.24) is 9.97 Å². The van der Waals surface area contributed by atoms with Crippen molar-refractivity contribution in [2.75, 3.05) is 0 Å². The average molecular weight is 723 g/mol. The third kappa shape index (κ3) is 4.14. The van der Waals surface area contributed by atoms with Gasteiger partial charge in [0.25, 0.3) is 0 Å². The van der Waals surface area contributed by atoms with E-state index in [1.54, 1.807) is 11.1 Å². The lowest BCUT2D eigenvalue weighted by atomic mass is 9.42. The highest BCUT2D eigenvalue weighted by Gasteiger charge is 2.62. The topological polar surface area (TPSA) is 25.8 Å². The fourth-order valence-corrected chi connectivity index (χ4v) is 13.7. The summed E-state index contributed by atoms with van der Waals surface area (Å²) < 4.78 is 2.73. The van der Waals surface area contributed by atoms with E-state index in [2.05, 4.69) is 121 Å². The normalized spacial score (nSPS) is 23.3. The summed E-state index contributed by atoms with van der Waals surface area (Å²) in [7, 11) is 0. The third-order valence-corrected chi connectivity index (χ3v) is 15.5. The molecule has 5 aliphatic carbocycles. The van der Waals surface area contributed by atoms with E-state index >= 15 is 0 Å². The number of nitrogens with zero attached hydrogens (tertiary/aromatic N) is 2. The number of pyridine rings is 2. The number of aromatic nitrogens is 2. The molecule has 9 aromatic rings. The first kappa shape index (κ1) is 30.7. The summed E-state index contributed by atoms with van der Waals surface area (Å²) >= 11 is 1.91. The SMILES string of the molecule is c1cc(-c2ccc(-c3cc4cccnc4c4ncccc34)cc2)c2c(c1)-c1cc(-c3cccc4sc5ccccc5c34)ccc1C21C2CC3CC(C2)CC1C3. The Bertz CT molecular complexity index is 3030. The summed E-state index contributed by atoms with van der Waals surface area (Å²) in [5.41, 5.74) is 16.0. The van der Waals surface area contributed by atoms with Crippen molar-refractivity contribution in [3.8, 4) is 44.5 Å². The molecule has 2 nitrogen and oxygen atoms in total. The minimum atomic E-state index is 0.0696. The summed E-state index contributed by atoms with van der Waals surface area (Å²) in [4.78, 5) is 9.50. The third-order valence-electron chi connectivity index (χ3n) is 14.3. The fourth-order valence-electron chi connectivity index (χ4n) is 12.5. The Hall–Kier alpha value is -5.64. The van der Waals surface area contributed by atoms with Crippen LogP contribution in [0.4, 0.5) is 0 Å². The second-order valence-electron chi connectivity index (χ2n) is 16.9. The van der Waals surface area contributed by atoms with Crippen molar-refractivity contribution in [2.24, 2.45) is 23.7 Å². The molecule has 0 radical (unpaired) electrons. The maximum absolute atomic E-state index is 4.79. The lowest BCUT2D eigenvalue weighted by Gasteiger charge is -2.61. The Labute approximate surface area is 324 Å². The molecule has 0 amide bonds. The molecule has 262 valence electrons. The van der Waals surface area contributed by atoms with E-state index in [1.807, 2.05) is 35.9 Å². The molecule has 5 aliphatic rings. The molecule has 4 bridgehead atoms. The van der Waals surface area contributed by atoms with Crippen LogP contribution in [0.2, 0.25) is 0 Å². The quantitative estimate of drug-likeness (QED) is 0.170. The van der Waals surface area contributed by atoms with E-state index in [1.165, 1.54) is 96.8 Å². The standard InChI is InChI=1S/C52H38N2S/c1-2-13-46-42(8-1)48-38(9-4-14-47(48)55-46)34-19-20-45-44(28-34)40-11-3-10-39(49(40)52(45)36-24-30-23-31(26-36)27-37(52)25-30)32-15-17-33(18-16-32)43-29-35-7-5-21-53-50(35)51-41(43)12-6-22-54-51/h1-22,28-31,36-37H,23-27H2. The van der Waals surface area contributed by atoms with Crippen LogP contribution in [-0.2, 0) is 5.41 Å². The Balaban J connectivity index is 1.00. The molecule has 1 spiro atoms. The van der Waals surface area contributed by atoms with Crippen molar-refractivity contribution in [2.45, 2.75) is 37.5 Å². The molecule has 55 heavy (non-hydrogen) atoms. The number of rotatable bonds is 3. The summed E-state index contributed by atoms with van der Waals surface area (Å²) in [5.74, 6) is 3.20. The van der Waals surface area contributed by atoms with Gasteiger partial charge in [-0.05, 0) is 148 Å². The summed E-state index contributed by atoms with van der Waals surface area (Å²) in [6.07, 6.45) is 10.7. The van der Waals surface area contributed by atoms with Gasteiger partial charge in [0, 0.05) is 48.8 Å². The van der Waals surface area contributed by atoms with Gasteiger partial charge in [-0.15, -0.1) is 11.3 Å². The van der Waals surface area contributed by atoms with Gasteiger partial charge in [0.1, 0.15) is 0 Å². The first-order chi connectivity index (χ1) is 27.2. The molecule has 0 atom stereocenters. The summed E-state index contributed by atoms with van der Waals surface area (Å²) in [5, 5.41) is 5.03. The molecule has 3 aromatic heterocycles. The minimum absolute atomic E-state index is 0.0696. The highest BCUT2D eigenvalue weighted by molar-refractivity contribution is 7.25. The van der Waals surface area contributed by atoms with Gasteiger partial charge >= 0.3 is 0 Å². The van der Waals surface area contributed by atoms with Crippen molar-refractivity contribution in [3.63, 3.8) is 0 Å². The predicted molar refractivity (Wildman–Crippen MR) is 230 cm³/mol. The molecule has 0 unspecified atom stereocenters. The van der Waals surface area contributed by atoms with E-state index in [0.717, 1.165) is 33.6 Å². The van der Waals surface area contributed by atoms with Gasteiger partial charge in [-0.3, -0.25) is 9.97 Å². The van der Waals surface area contributed by atoms with Gasteiger partial charge in [-0.1, -0.05) is 97.1 Å². The molecule has 3 heterocycles. The molecule has 0 saturated heterocycles. The predicted octanol–water partition coefficient (Wildman–Crippen LogP) is 13.9. The Morgan fingerprint density at radius 2 is 1.13 bits per heavy atom. The van der Waals surface area contributed by atoms with Gasteiger partial charge in [-0.2, -0.15) is 0 Å². The minimum Gasteiger partial charge on any atom is -0.254 e. The number of benzene rings is 6. The smallest absolute Gasteiger partial charge is 0.0970 e. The Kier molecular flexibility index (Phi) is 6.25. The molecular weight excluding hydrogens is 685 g/mol. The van der Waals surface area contributed by atoms with Crippen LogP contribution >= 0.6 is 11.3 Å². The molecule has 3 heteroatoms. The number of hydrogen-bond acceptors (Lipinski definition) is 3. The van der Waals surface area contributed by atoms with Crippen LogP contribution < -0.4 is 0 Å². The zero-order chi connectivity index (χ0) is 35.8. The highest BCUT2D eigenvalue weighted by Crippen LogP contribution is 2.70. The maximum Gasteiger partial charge on any atom is 0.0970 e. The van der Waals surface area contributed by atoms with Crippen LogP contribution in [0.25, 0.3) is 86.5 Å². The lowest BCUT2D eigenvalue weighted by molar-refractivity contribution is -0.0397. The molecule has 4 saturated carbocycles. The van der Waals surface area contributed by atoms with Crippen molar-refractivity contribution < 1.29 is 0 Å². The largest absolute Gasteiger partial charge is 0.254 e. The second-order valence-corrected chi connectivity index (χ2v) is 18.0. The van der Waals surface area contributed by atoms with E-state index in [0.29, 0.717) is 11.8 Å². The van der Waals surface area contributed by atoms with E-state index in [-0.39, 0.29) is 5.41 Å². The summed E-state index contributed by atoms with van der Waals surface area (Å²) in [6.45, 7) is 0. The number of hydrogen-bond donors (Lipinski definition) is 0. The van der Waals surface area contributed by atoms with E-state index in [4.69, 9.17) is 9.97 Å². The number of fused-ring (bicyclic) bond motifs is 9. The van der Waals surface area contributed by atoms with Crippen molar-refractivity contribution in [3.05, 3.63) is 157 Å². The molecule has 4 fully saturated rings. The van der Waals surface area contributed by atoms with Crippen LogP contribution in [0.5, 0.6) is 0 Å². The Morgan fingerprint density at radius 3 is 1.96 bits per heavy atom. The highest BCUT2D eigenvalue weighted by atomic mass is 32.1. The molecule has 0 aliphatic heterocycles. The maximum atomic E-state index is 4.79. The first-order valence-electron chi connectivity index (χ1n) is 20.1. The van der Waals surface area contributed by atoms with Gasteiger partial charge in [0.05, 0.1) is 11.0 Å². The molecular formula is C52H38N2S.